The van der Waals surface area contributed by atoms with Crippen LogP contribution in [0.3, 0.4) is 0 Å². The number of carbonyl (C=O) groups is 1. The molecule has 226 valence electrons. The van der Waals surface area contributed by atoms with Gasteiger partial charge in [-0.3, -0.25) is 4.79 Å². The number of sulfone groups is 2. The van der Waals surface area contributed by atoms with Crippen LogP contribution in [0.5, 0.6) is 0 Å². The Hall–Kier alpha value is -2.75. The highest BCUT2D eigenvalue weighted by Gasteiger charge is 2.73. The Morgan fingerprint density at radius 2 is 1.37 bits per heavy atom. The zero-order chi connectivity index (χ0) is 30.8. The second-order valence-corrected chi connectivity index (χ2v) is 14.9. The Labute approximate surface area is 230 Å². The average Bonchev–Trinajstić information content (AvgIpc) is 3.28. The number of alkyl halides is 7. The summed E-state index contributed by atoms with van der Waals surface area (Å²) in [5.74, 6) is -2.07. The standard InChI is InChI=1S/C25H23F8NO5S2/c1-40(36,37)20-12-15(13-20)21(35)34-11-10-22(14-34,41(38,39)19-8-6-18(26)7-9-19)16-2-4-17(5-3-16)23(27,24(28,29)30)25(31,32)33/h2-9,15,20H,10-14H2,1H3/t15?,20?,22-/m1/s1. The molecule has 1 saturated heterocycles. The zero-order valence-electron chi connectivity index (χ0n) is 21.1. The van der Waals surface area contributed by atoms with Crippen molar-refractivity contribution in [2.45, 2.75) is 52.2 Å². The van der Waals surface area contributed by atoms with Crippen molar-refractivity contribution >= 4 is 25.6 Å². The average molecular weight is 634 g/mol. The van der Waals surface area contributed by atoms with Gasteiger partial charge in [0.1, 0.15) is 20.4 Å². The third kappa shape index (κ3) is 5.10. The molecule has 0 radical (unpaired) electrons. The minimum absolute atomic E-state index is 0.00798. The molecular weight excluding hydrogens is 610 g/mol. The summed E-state index contributed by atoms with van der Waals surface area (Å²) in [6, 6.07) is 5.20. The third-order valence-electron chi connectivity index (χ3n) is 7.82. The molecule has 2 fully saturated rings. The molecule has 0 aromatic heterocycles. The van der Waals surface area contributed by atoms with Gasteiger partial charge in [-0.25, -0.2) is 25.6 Å². The van der Waals surface area contributed by atoms with Crippen molar-refractivity contribution in [3.63, 3.8) is 0 Å². The summed E-state index contributed by atoms with van der Waals surface area (Å²) in [5, 5.41) is -0.748. The highest BCUT2D eigenvalue weighted by Crippen LogP contribution is 2.54. The lowest BCUT2D eigenvalue weighted by Crippen LogP contribution is -2.50. The van der Waals surface area contributed by atoms with Gasteiger partial charge < -0.3 is 4.90 Å². The second-order valence-electron chi connectivity index (χ2n) is 10.3. The van der Waals surface area contributed by atoms with E-state index in [9.17, 15) is 56.8 Å². The molecule has 0 spiro atoms. The van der Waals surface area contributed by atoms with Crippen LogP contribution in [0.1, 0.15) is 30.4 Å². The topological polar surface area (TPSA) is 88.6 Å². The first kappa shape index (κ1) is 31.2. The molecule has 1 amide bonds. The van der Waals surface area contributed by atoms with Crippen LogP contribution in [0.4, 0.5) is 35.1 Å². The fourth-order valence-corrected chi connectivity index (χ4v) is 8.53. The van der Waals surface area contributed by atoms with Crippen LogP contribution in [-0.2, 0) is 34.9 Å². The summed E-state index contributed by atoms with van der Waals surface area (Å²) in [6.07, 6.45) is -12.1. The number of hydrogen-bond acceptors (Lipinski definition) is 5. The summed E-state index contributed by atoms with van der Waals surface area (Å²) in [5.41, 5.74) is -7.86. The van der Waals surface area contributed by atoms with Crippen LogP contribution in [0.15, 0.2) is 53.4 Å². The molecule has 4 rings (SSSR count). The molecule has 2 aromatic rings. The monoisotopic (exact) mass is 633 g/mol. The summed E-state index contributed by atoms with van der Waals surface area (Å²) >= 11 is 0. The van der Waals surface area contributed by atoms with E-state index in [-0.39, 0.29) is 43.5 Å². The number of hydrogen-bond donors (Lipinski definition) is 0. The Morgan fingerprint density at radius 3 is 1.83 bits per heavy atom. The van der Waals surface area contributed by atoms with Gasteiger partial charge >= 0.3 is 18.0 Å². The van der Waals surface area contributed by atoms with E-state index in [0.29, 0.717) is 12.1 Å². The fraction of sp³-hybridized carbons (Fsp3) is 0.480. The molecule has 1 aliphatic heterocycles. The van der Waals surface area contributed by atoms with E-state index >= 15 is 0 Å². The van der Waals surface area contributed by atoms with E-state index in [1.54, 1.807) is 0 Å². The van der Waals surface area contributed by atoms with E-state index in [4.69, 9.17) is 0 Å². The predicted octanol–water partition coefficient (Wildman–Crippen LogP) is 4.84. The maximum Gasteiger partial charge on any atom is 0.435 e. The highest BCUT2D eigenvalue weighted by atomic mass is 32.2. The van der Waals surface area contributed by atoms with Crippen molar-refractivity contribution in [3.8, 4) is 0 Å². The summed E-state index contributed by atoms with van der Waals surface area (Å²) in [6.45, 7) is -0.774. The van der Waals surface area contributed by atoms with Crippen molar-refractivity contribution < 1.29 is 56.8 Å². The first-order chi connectivity index (χ1) is 18.6. The SMILES string of the molecule is CS(=O)(=O)C1CC(C(=O)N2CC[C@@](c3ccc(C(F)(C(F)(F)F)C(F)(F)F)cc3)(S(=O)(=O)c3ccc(F)cc3)C2)C1. The molecule has 16 heteroatoms. The Kier molecular flexibility index (Phi) is 7.55. The molecule has 0 N–H and O–H groups in total. The number of benzene rings is 2. The number of rotatable bonds is 6. The molecule has 1 heterocycles. The molecule has 0 bridgehead atoms. The molecule has 1 atom stereocenters. The maximum absolute atomic E-state index is 14.6. The third-order valence-corrected chi connectivity index (χ3v) is 11.9. The number of likely N-dealkylation sites (tertiary alicyclic amines) is 1. The van der Waals surface area contributed by atoms with Crippen molar-refractivity contribution in [1.82, 2.24) is 4.90 Å². The van der Waals surface area contributed by atoms with Gasteiger partial charge in [-0.1, -0.05) is 24.3 Å². The van der Waals surface area contributed by atoms with E-state index in [0.717, 1.165) is 35.4 Å². The lowest BCUT2D eigenvalue weighted by atomic mass is 9.83. The van der Waals surface area contributed by atoms with Gasteiger partial charge in [-0.2, -0.15) is 26.3 Å². The quantitative estimate of drug-likeness (QED) is 0.336. The van der Waals surface area contributed by atoms with Gasteiger partial charge in [0.2, 0.25) is 5.91 Å². The molecule has 2 aromatic carbocycles. The normalized spacial score (nSPS) is 24.3. The van der Waals surface area contributed by atoms with E-state index in [1.807, 2.05) is 0 Å². The predicted molar refractivity (Wildman–Crippen MR) is 129 cm³/mol. The minimum Gasteiger partial charge on any atom is -0.340 e. The smallest absolute Gasteiger partial charge is 0.340 e. The summed E-state index contributed by atoms with van der Waals surface area (Å²) in [4.78, 5) is 13.8. The molecular formula is C25H23F8NO5S2. The maximum atomic E-state index is 14.6. The van der Waals surface area contributed by atoms with E-state index in [2.05, 4.69) is 0 Å². The van der Waals surface area contributed by atoms with E-state index < -0.39 is 82.3 Å². The first-order valence-electron chi connectivity index (χ1n) is 12.1. The lowest BCUT2D eigenvalue weighted by Gasteiger charge is -2.36. The molecule has 1 saturated carbocycles. The van der Waals surface area contributed by atoms with Gasteiger partial charge in [-0.05, 0) is 49.1 Å². The van der Waals surface area contributed by atoms with Gasteiger partial charge in [0.15, 0.2) is 9.84 Å². The number of carbonyl (C=O) groups excluding carboxylic acids is 1. The van der Waals surface area contributed by atoms with Gasteiger partial charge in [0.05, 0.1) is 10.1 Å². The molecule has 6 nitrogen and oxygen atoms in total. The van der Waals surface area contributed by atoms with Gasteiger partial charge in [0, 0.05) is 30.8 Å². The number of halogens is 8. The lowest BCUT2D eigenvalue weighted by molar-refractivity contribution is -0.348. The molecule has 0 unspecified atom stereocenters. The number of amides is 1. The van der Waals surface area contributed by atoms with E-state index in [1.165, 1.54) is 0 Å². The van der Waals surface area contributed by atoms with Crippen LogP contribution in [0.2, 0.25) is 0 Å². The van der Waals surface area contributed by atoms with Crippen LogP contribution in [0, 0.1) is 11.7 Å². The highest BCUT2D eigenvalue weighted by molar-refractivity contribution is 7.92. The van der Waals surface area contributed by atoms with Crippen molar-refractivity contribution in [2.75, 3.05) is 19.3 Å². The van der Waals surface area contributed by atoms with Crippen LogP contribution < -0.4 is 0 Å². The van der Waals surface area contributed by atoms with Crippen molar-refractivity contribution in [1.29, 1.82) is 0 Å². The second kappa shape index (κ2) is 9.92. The minimum atomic E-state index is -6.38. The van der Waals surface area contributed by atoms with Crippen LogP contribution in [0.25, 0.3) is 0 Å². The van der Waals surface area contributed by atoms with Crippen molar-refractivity contribution in [2.24, 2.45) is 5.92 Å². The summed E-state index contributed by atoms with van der Waals surface area (Å²) in [7, 11) is -7.99. The largest absolute Gasteiger partial charge is 0.435 e. The van der Waals surface area contributed by atoms with Gasteiger partial charge in [-0.15, -0.1) is 0 Å². The van der Waals surface area contributed by atoms with Crippen LogP contribution >= 0.6 is 0 Å². The van der Waals surface area contributed by atoms with Crippen molar-refractivity contribution in [3.05, 3.63) is 65.5 Å². The summed E-state index contributed by atoms with van der Waals surface area (Å²) < 4.78 is 157. The fourth-order valence-electron chi connectivity index (χ4n) is 5.29. The van der Waals surface area contributed by atoms with Gasteiger partial charge in [0.25, 0.3) is 0 Å². The Morgan fingerprint density at radius 1 is 0.854 bits per heavy atom. The molecule has 2 aliphatic rings. The Balaban J connectivity index is 1.76. The Bertz CT molecular complexity index is 1520. The number of nitrogens with zero attached hydrogens (tertiary/aromatic N) is 1. The van der Waals surface area contributed by atoms with Crippen LogP contribution in [-0.4, -0.2) is 64.6 Å². The first-order valence-corrected chi connectivity index (χ1v) is 15.5. The molecule has 41 heavy (non-hydrogen) atoms. The molecule has 1 aliphatic carbocycles. The zero-order valence-corrected chi connectivity index (χ0v) is 22.8.